The fraction of sp³-hybridized carbons (Fsp3) is 0.647. The van der Waals surface area contributed by atoms with Gasteiger partial charge in [-0.3, -0.25) is 28.8 Å². The van der Waals surface area contributed by atoms with E-state index in [0.717, 1.165) is 4.90 Å². The molecule has 0 bridgehead atoms. The van der Waals surface area contributed by atoms with Crippen molar-refractivity contribution in [2.45, 2.75) is 34.2 Å². The maximum absolute atomic E-state index is 12.6. The fourth-order valence-corrected chi connectivity index (χ4v) is 2.31. The van der Waals surface area contributed by atoms with Crippen molar-refractivity contribution in [2.75, 3.05) is 37.5 Å². The van der Waals surface area contributed by atoms with Crippen molar-refractivity contribution < 1.29 is 19.1 Å². The average Bonchev–Trinajstić information content (AvgIpc) is 2.58. The molecule has 1 heterocycles. The molecule has 0 aromatic carbocycles. The molecule has 1 aromatic heterocycles. The van der Waals surface area contributed by atoms with E-state index in [2.05, 4.69) is 4.98 Å². The summed E-state index contributed by atoms with van der Waals surface area (Å²) in [5.74, 6) is -1.63. The van der Waals surface area contributed by atoms with Gasteiger partial charge in [-0.25, -0.2) is 4.79 Å². The summed E-state index contributed by atoms with van der Waals surface area (Å²) in [6, 6.07) is 0. The second kappa shape index (κ2) is 9.91. The number of nitrogens with zero attached hydrogens (tertiary/aromatic N) is 2. The van der Waals surface area contributed by atoms with E-state index in [9.17, 15) is 19.2 Å². The molecule has 0 aliphatic heterocycles. The third-order valence-corrected chi connectivity index (χ3v) is 3.66. The molecule has 1 amide bonds. The first kappa shape index (κ1) is 22.4. The third-order valence-electron chi connectivity index (χ3n) is 3.66. The van der Waals surface area contributed by atoms with Crippen molar-refractivity contribution >= 4 is 23.4 Å². The summed E-state index contributed by atoms with van der Waals surface area (Å²) < 4.78 is 11.1. The summed E-state index contributed by atoms with van der Waals surface area (Å²) in [7, 11) is 1.44. The SMILES string of the molecule is COCCN(C(=O)COC(=O)C(C)C)c1c(N)n(CC(C)C)c(=O)[nH]c1=O. The lowest BCUT2D eigenvalue weighted by atomic mass is 10.2. The highest BCUT2D eigenvalue weighted by molar-refractivity contribution is 5.97. The molecule has 3 N–H and O–H groups in total. The van der Waals surface area contributed by atoms with Gasteiger partial charge in [0.1, 0.15) is 5.82 Å². The van der Waals surface area contributed by atoms with Crippen molar-refractivity contribution in [3.05, 3.63) is 20.8 Å². The molecule has 0 saturated carbocycles. The highest BCUT2D eigenvalue weighted by Crippen LogP contribution is 2.18. The zero-order chi connectivity index (χ0) is 20.7. The van der Waals surface area contributed by atoms with E-state index < -0.39 is 35.7 Å². The van der Waals surface area contributed by atoms with Crippen molar-refractivity contribution in [3.63, 3.8) is 0 Å². The van der Waals surface area contributed by atoms with E-state index >= 15 is 0 Å². The maximum atomic E-state index is 12.6. The lowest BCUT2D eigenvalue weighted by molar-refractivity contribution is -0.151. The number of rotatable bonds is 9. The summed E-state index contributed by atoms with van der Waals surface area (Å²) in [4.78, 5) is 51.9. The van der Waals surface area contributed by atoms with Gasteiger partial charge in [0.2, 0.25) is 0 Å². The van der Waals surface area contributed by atoms with E-state index in [1.165, 1.54) is 11.7 Å². The van der Waals surface area contributed by atoms with Gasteiger partial charge in [0.15, 0.2) is 12.3 Å². The molecule has 1 rings (SSSR count). The lowest BCUT2D eigenvalue weighted by Gasteiger charge is -2.24. The Hall–Kier alpha value is -2.62. The van der Waals surface area contributed by atoms with Crippen LogP contribution in [-0.4, -0.2) is 48.3 Å². The number of hydrogen-bond acceptors (Lipinski definition) is 7. The highest BCUT2D eigenvalue weighted by Gasteiger charge is 2.25. The van der Waals surface area contributed by atoms with Crippen LogP contribution in [0.2, 0.25) is 0 Å². The highest BCUT2D eigenvalue weighted by atomic mass is 16.5. The zero-order valence-corrected chi connectivity index (χ0v) is 16.4. The Labute approximate surface area is 157 Å². The first-order valence-electron chi connectivity index (χ1n) is 8.68. The Balaban J connectivity index is 3.30. The number of carbonyl (C=O) groups excluding carboxylic acids is 2. The smallest absolute Gasteiger partial charge is 0.330 e. The minimum absolute atomic E-state index is 0.00171. The normalized spacial score (nSPS) is 11.1. The molecule has 0 radical (unpaired) electrons. The van der Waals surface area contributed by atoms with E-state index in [-0.39, 0.29) is 37.1 Å². The van der Waals surface area contributed by atoms with Crippen LogP contribution in [0.4, 0.5) is 11.5 Å². The van der Waals surface area contributed by atoms with E-state index in [1.807, 2.05) is 13.8 Å². The Morgan fingerprint density at radius 1 is 1.22 bits per heavy atom. The molecule has 0 unspecified atom stereocenters. The van der Waals surface area contributed by atoms with Crippen LogP contribution in [0.15, 0.2) is 9.59 Å². The van der Waals surface area contributed by atoms with Gasteiger partial charge in [0.25, 0.3) is 11.5 Å². The van der Waals surface area contributed by atoms with Gasteiger partial charge in [-0.05, 0) is 5.92 Å². The number of esters is 1. The summed E-state index contributed by atoms with van der Waals surface area (Å²) >= 11 is 0. The quantitative estimate of drug-likeness (QED) is 0.570. The third kappa shape index (κ3) is 5.95. The van der Waals surface area contributed by atoms with Gasteiger partial charge in [0.05, 0.1) is 12.5 Å². The van der Waals surface area contributed by atoms with Gasteiger partial charge >= 0.3 is 11.7 Å². The van der Waals surface area contributed by atoms with Gasteiger partial charge in [-0.1, -0.05) is 27.7 Å². The zero-order valence-electron chi connectivity index (χ0n) is 16.4. The number of nitrogens with one attached hydrogen (secondary N) is 1. The van der Waals surface area contributed by atoms with Crippen molar-refractivity contribution in [1.82, 2.24) is 9.55 Å². The number of hydrogen-bond donors (Lipinski definition) is 2. The van der Waals surface area contributed by atoms with Gasteiger partial charge in [-0.2, -0.15) is 0 Å². The molecular formula is C17H28N4O6. The Bertz CT molecular complexity index is 781. The predicted molar refractivity (Wildman–Crippen MR) is 101 cm³/mol. The number of nitrogen functional groups attached to an aromatic ring is 1. The largest absolute Gasteiger partial charge is 0.455 e. The van der Waals surface area contributed by atoms with Crippen LogP contribution in [-0.2, 0) is 25.6 Å². The number of amides is 1. The number of methoxy groups -OCH3 is 1. The van der Waals surface area contributed by atoms with E-state index in [1.54, 1.807) is 13.8 Å². The number of H-pyrrole nitrogens is 1. The van der Waals surface area contributed by atoms with Crippen molar-refractivity contribution in [2.24, 2.45) is 11.8 Å². The van der Waals surface area contributed by atoms with Crippen LogP contribution in [0.3, 0.4) is 0 Å². The standard InChI is InChI=1S/C17H28N4O6/c1-10(2)8-21-14(18)13(15(23)19-17(21)25)20(6-7-26-5)12(22)9-27-16(24)11(3)4/h10-11H,6-9,18H2,1-5H3,(H,19,23,25). The lowest BCUT2D eigenvalue weighted by Crippen LogP contribution is -2.44. The van der Waals surface area contributed by atoms with Crippen molar-refractivity contribution in [1.29, 1.82) is 0 Å². The number of carbonyl (C=O) groups is 2. The minimum Gasteiger partial charge on any atom is -0.455 e. The van der Waals surface area contributed by atoms with E-state index in [0.29, 0.717) is 0 Å². The molecule has 10 nitrogen and oxygen atoms in total. The van der Waals surface area contributed by atoms with Crippen LogP contribution >= 0.6 is 0 Å². The first-order valence-corrected chi connectivity index (χ1v) is 8.68. The van der Waals surface area contributed by atoms with Crippen LogP contribution in [0.1, 0.15) is 27.7 Å². The second-order valence-corrected chi connectivity index (χ2v) is 6.80. The molecule has 0 fully saturated rings. The Morgan fingerprint density at radius 3 is 2.37 bits per heavy atom. The topological polar surface area (TPSA) is 137 Å². The van der Waals surface area contributed by atoms with Crippen LogP contribution in [0.5, 0.6) is 0 Å². The summed E-state index contributed by atoms with van der Waals surface area (Å²) in [6.07, 6.45) is 0. The van der Waals surface area contributed by atoms with Crippen molar-refractivity contribution in [3.8, 4) is 0 Å². The number of aromatic nitrogens is 2. The number of nitrogens with two attached hydrogens (primary N) is 1. The molecule has 0 saturated heterocycles. The Kier molecular flexibility index (Phi) is 8.23. The average molecular weight is 384 g/mol. The molecule has 1 aromatic rings. The molecule has 10 heteroatoms. The maximum Gasteiger partial charge on any atom is 0.330 e. The summed E-state index contributed by atoms with van der Waals surface area (Å²) in [5.41, 5.74) is 4.43. The molecule has 27 heavy (non-hydrogen) atoms. The van der Waals surface area contributed by atoms with Crippen LogP contribution in [0, 0.1) is 11.8 Å². The van der Waals surface area contributed by atoms with Gasteiger partial charge in [0, 0.05) is 20.2 Å². The minimum atomic E-state index is -0.794. The first-order chi connectivity index (χ1) is 12.6. The molecule has 0 spiro atoms. The molecule has 0 aliphatic carbocycles. The van der Waals surface area contributed by atoms with Crippen LogP contribution < -0.4 is 21.9 Å². The molecule has 0 atom stereocenters. The molecular weight excluding hydrogens is 356 g/mol. The monoisotopic (exact) mass is 384 g/mol. The number of ether oxygens (including phenoxy) is 2. The Morgan fingerprint density at radius 2 is 1.85 bits per heavy atom. The summed E-state index contributed by atoms with van der Waals surface area (Å²) in [6.45, 7) is 6.88. The van der Waals surface area contributed by atoms with Gasteiger partial charge < -0.3 is 15.2 Å². The van der Waals surface area contributed by atoms with E-state index in [4.69, 9.17) is 15.2 Å². The molecule has 152 valence electrons. The van der Waals surface area contributed by atoms with Crippen LogP contribution in [0.25, 0.3) is 0 Å². The molecule has 0 aliphatic rings. The number of aromatic amines is 1. The number of anilines is 2. The fourth-order valence-electron chi connectivity index (χ4n) is 2.31. The van der Waals surface area contributed by atoms with Gasteiger partial charge in [-0.15, -0.1) is 0 Å². The summed E-state index contributed by atoms with van der Waals surface area (Å²) in [5, 5.41) is 0. The predicted octanol–water partition coefficient (Wildman–Crippen LogP) is -0.0466. The second-order valence-electron chi connectivity index (χ2n) is 6.80.